The van der Waals surface area contributed by atoms with Gasteiger partial charge in [-0.05, 0) is 78.8 Å². The SMILES string of the molecule is CCOC(=O)/C(O)=C/C(=O)c1ccc(COCCOCCOCCOCCOCCOCCNS(=O)(=O)Cc2cc3oc(-c4ccc(F)cc4)c(C(=O)NC)c3cc2C2CC2)cc1. The second kappa shape index (κ2) is 25.3. The largest absolute Gasteiger partial charge is 0.502 e. The molecular formula is C45H55FN2O14S. The van der Waals surface area contributed by atoms with E-state index >= 15 is 0 Å². The molecule has 5 rings (SSSR count). The van der Waals surface area contributed by atoms with Gasteiger partial charge in [0.2, 0.25) is 15.8 Å². The molecule has 0 aliphatic heterocycles. The summed E-state index contributed by atoms with van der Waals surface area (Å²) in [7, 11) is -2.22. The molecule has 1 fully saturated rings. The summed E-state index contributed by atoms with van der Waals surface area (Å²) in [6.07, 6.45) is 2.67. The van der Waals surface area contributed by atoms with Crippen LogP contribution >= 0.6 is 0 Å². The zero-order valence-electron chi connectivity index (χ0n) is 35.5. The Morgan fingerprint density at radius 3 is 1.94 bits per heavy atom. The van der Waals surface area contributed by atoms with E-state index in [-0.39, 0.29) is 49.7 Å². The van der Waals surface area contributed by atoms with Gasteiger partial charge in [0.15, 0.2) is 5.78 Å². The number of nitrogens with one attached hydrogen (secondary N) is 2. The minimum atomic E-state index is -3.74. The molecule has 63 heavy (non-hydrogen) atoms. The lowest BCUT2D eigenvalue weighted by Gasteiger charge is -2.12. The van der Waals surface area contributed by atoms with Gasteiger partial charge in [-0.1, -0.05) is 24.3 Å². The first kappa shape index (κ1) is 49.0. The lowest BCUT2D eigenvalue weighted by atomic mass is 9.98. The van der Waals surface area contributed by atoms with Gasteiger partial charge in [0.25, 0.3) is 5.91 Å². The Morgan fingerprint density at radius 1 is 0.810 bits per heavy atom. The highest BCUT2D eigenvalue weighted by atomic mass is 32.2. The zero-order chi connectivity index (χ0) is 45.0. The molecule has 4 aromatic rings. The van der Waals surface area contributed by atoms with Gasteiger partial charge in [0.1, 0.15) is 17.2 Å². The van der Waals surface area contributed by atoms with Crippen LogP contribution in [0.2, 0.25) is 0 Å². The van der Waals surface area contributed by atoms with Gasteiger partial charge < -0.3 is 48.0 Å². The Labute approximate surface area is 366 Å². The number of aliphatic hydroxyl groups is 1. The number of allylic oxidation sites excluding steroid dienone is 1. The minimum absolute atomic E-state index is 0.0809. The number of halogens is 1. The van der Waals surface area contributed by atoms with Crippen LogP contribution in [0.5, 0.6) is 0 Å². The highest BCUT2D eigenvalue weighted by Crippen LogP contribution is 2.45. The van der Waals surface area contributed by atoms with Crippen molar-refractivity contribution in [2.45, 2.75) is 38.0 Å². The predicted molar refractivity (Wildman–Crippen MR) is 229 cm³/mol. The summed E-state index contributed by atoms with van der Waals surface area (Å²) in [5, 5.41) is 12.9. The summed E-state index contributed by atoms with van der Waals surface area (Å²) in [4.78, 5) is 36.6. The van der Waals surface area contributed by atoms with E-state index in [1.807, 2.05) is 6.07 Å². The van der Waals surface area contributed by atoms with E-state index in [4.69, 9.17) is 32.8 Å². The monoisotopic (exact) mass is 898 g/mol. The molecule has 0 bridgehead atoms. The topological polar surface area (TPSA) is 207 Å². The summed E-state index contributed by atoms with van der Waals surface area (Å²) in [6, 6.07) is 15.8. The fourth-order valence-corrected chi connectivity index (χ4v) is 7.46. The number of rotatable bonds is 30. The van der Waals surface area contributed by atoms with E-state index in [0.717, 1.165) is 30.0 Å². The number of esters is 1. The molecule has 3 aromatic carbocycles. The molecule has 0 radical (unpaired) electrons. The second-order valence-corrected chi connectivity index (χ2v) is 16.1. The van der Waals surface area contributed by atoms with Crippen LogP contribution in [0.15, 0.2) is 76.9 Å². The first-order valence-corrected chi connectivity index (χ1v) is 22.4. The van der Waals surface area contributed by atoms with Crippen molar-refractivity contribution >= 4 is 38.7 Å². The van der Waals surface area contributed by atoms with Crippen molar-refractivity contribution in [1.29, 1.82) is 0 Å². The van der Waals surface area contributed by atoms with Crippen molar-refractivity contribution in [3.63, 3.8) is 0 Å². The van der Waals surface area contributed by atoms with E-state index in [9.17, 15) is 32.3 Å². The van der Waals surface area contributed by atoms with Crippen molar-refractivity contribution in [1.82, 2.24) is 10.0 Å². The van der Waals surface area contributed by atoms with E-state index in [0.29, 0.717) is 99.3 Å². The average molecular weight is 899 g/mol. The van der Waals surface area contributed by atoms with Gasteiger partial charge in [-0.2, -0.15) is 0 Å². The molecule has 16 nitrogen and oxygen atoms in total. The van der Waals surface area contributed by atoms with Gasteiger partial charge in [0, 0.05) is 36.2 Å². The van der Waals surface area contributed by atoms with Gasteiger partial charge in [0.05, 0.1) is 97.2 Å². The standard InChI is InChI=1S/C45H55FN2O14S/c1-3-61-45(52)40(50)28-39(49)33-6-4-31(5-7-33)29-60-25-24-59-23-22-58-21-20-57-19-18-56-17-16-55-15-14-48-63(53,54)30-35-26-41-38(27-37(35)32-8-9-32)42(44(51)47-2)43(62-41)34-10-12-36(46)13-11-34/h4-7,10-13,26-28,32,48,50H,3,8-9,14-25,29-30H2,1-2H3,(H,47,51)/b40-28-. The van der Waals surface area contributed by atoms with E-state index in [1.54, 1.807) is 37.3 Å². The molecular weight excluding hydrogens is 844 g/mol. The summed E-state index contributed by atoms with van der Waals surface area (Å²) in [5.74, 6) is -2.79. The number of hydrogen-bond donors (Lipinski definition) is 3. The maximum absolute atomic E-state index is 13.6. The van der Waals surface area contributed by atoms with Crippen LogP contribution < -0.4 is 10.0 Å². The highest BCUT2D eigenvalue weighted by Gasteiger charge is 2.31. The van der Waals surface area contributed by atoms with Crippen molar-refractivity contribution in [3.05, 3.63) is 106 Å². The van der Waals surface area contributed by atoms with Crippen molar-refractivity contribution in [2.24, 2.45) is 0 Å². The molecule has 0 saturated heterocycles. The van der Waals surface area contributed by atoms with Crippen LogP contribution in [0.3, 0.4) is 0 Å². The number of aliphatic hydroxyl groups excluding tert-OH is 1. The fraction of sp³-hybridized carbons (Fsp3) is 0.444. The Hall–Kier alpha value is -5.05. The summed E-state index contributed by atoms with van der Waals surface area (Å²) >= 11 is 0. The Balaban J connectivity index is 0.863. The highest BCUT2D eigenvalue weighted by molar-refractivity contribution is 7.88. The number of carbonyl (C=O) groups excluding carboxylic acids is 3. The number of ketones is 1. The molecule has 1 heterocycles. The Morgan fingerprint density at radius 2 is 1.38 bits per heavy atom. The van der Waals surface area contributed by atoms with Gasteiger partial charge >= 0.3 is 5.97 Å². The van der Waals surface area contributed by atoms with Crippen molar-refractivity contribution < 1.29 is 69.9 Å². The lowest BCUT2D eigenvalue weighted by Crippen LogP contribution is -2.29. The van der Waals surface area contributed by atoms with Crippen molar-refractivity contribution in [2.75, 3.05) is 92.9 Å². The quantitative estimate of drug-likeness (QED) is 0.0198. The number of ether oxygens (including phenoxy) is 7. The van der Waals surface area contributed by atoms with Crippen LogP contribution in [0.4, 0.5) is 4.39 Å². The smallest absolute Gasteiger partial charge is 0.373 e. The molecule has 1 aliphatic carbocycles. The number of benzene rings is 3. The van der Waals surface area contributed by atoms with Gasteiger partial charge in [-0.25, -0.2) is 22.3 Å². The summed E-state index contributed by atoms with van der Waals surface area (Å²) in [6.45, 7) is 5.89. The minimum Gasteiger partial charge on any atom is -0.502 e. The molecule has 0 unspecified atom stereocenters. The molecule has 1 amide bonds. The van der Waals surface area contributed by atoms with Crippen LogP contribution in [0.1, 0.15) is 63.1 Å². The number of sulfonamides is 1. The third-order valence-corrected chi connectivity index (χ3v) is 10.9. The molecule has 1 aromatic heterocycles. The molecule has 0 atom stereocenters. The molecule has 1 saturated carbocycles. The third-order valence-electron chi connectivity index (χ3n) is 9.56. The summed E-state index contributed by atoms with van der Waals surface area (Å²) < 4.78 is 86.4. The maximum Gasteiger partial charge on any atom is 0.373 e. The van der Waals surface area contributed by atoms with E-state index in [2.05, 4.69) is 14.8 Å². The molecule has 0 spiro atoms. The second-order valence-electron chi connectivity index (χ2n) is 14.3. The van der Waals surface area contributed by atoms with Crippen molar-refractivity contribution in [3.8, 4) is 11.3 Å². The summed E-state index contributed by atoms with van der Waals surface area (Å²) in [5.41, 5.74) is 3.83. The van der Waals surface area contributed by atoms with Gasteiger partial charge in [-0.15, -0.1) is 0 Å². The normalized spacial score (nSPS) is 13.1. The van der Waals surface area contributed by atoms with E-state index < -0.39 is 33.4 Å². The zero-order valence-corrected chi connectivity index (χ0v) is 36.3. The fourth-order valence-electron chi connectivity index (χ4n) is 6.31. The Kier molecular flexibility index (Phi) is 19.7. The molecule has 342 valence electrons. The third kappa shape index (κ3) is 15.9. The number of hydrogen-bond acceptors (Lipinski definition) is 14. The number of furan rings is 1. The molecule has 1 aliphatic rings. The molecule has 3 N–H and O–H groups in total. The first-order chi connectivity index (χ1) is 30.5. The number of fused-ring (bicyclic) bond motifs is 1. The first-order valence-electron chi connectivity index (χ1n) is 20.7. The Bertz CT molecular complexity index is 2240. The van der Waals surface area contributed by atoms with Crippen LogP contribution in [0, 0.1) is 5.82 Å². The number of carbonyl (C=O) groups is 3. The van der Waals surface area contributed by atoms with E-state index in [1.165, 1.54) is 31.3 Å². The lowest BCUT2D eigenvalue weighted by molar-refractivity contribution is -0.141. The van der Waals surface area contributed by atoms with Crippen LogP contribution in [0.25, 0.3) is 22.3 Å². The van der Waals surface area contributed by atoms with Gasteiger partial charge in [-0.3, -0.25) is 9.59 Å². The average Bonchev–Trinajstić information content (AvgIpc) is 4.05. The van der Waals surface area contributed by atoms with Crippen LogP contribution in [-0.2, 0) is 60.3 Å². The maximum atomic E-state index is 13.6. The predicted octanol–water partition coefficient (Wildman–Crippen LogP) is 5.38. The number of amides is 1. The molecule has 18 heteroatoms. The van der Waals surface area contributed by atoms with Crippen LogP contribution in [-0.4, -0.2) is 124 Å².